The maximum atomic E-state index is 12.6. The van der Waals surface area contributed by atoms with E-state index in [9.17, 15) is 9.59 Å². The molecule has 1 heterocycles. The van der Waals surface area contributed by atoms with Gasteiger partial charge in [-0.25, -0.2) is 9.79 Å². The molecule has 2 aromatic carbocycles. The number of carboxylic acids is 1. The van der Waals surface area contributed by atoms with Crippen molar-refractivity contribution in [2.45, 2.75) is 6.92 Å². The molecule has 0 aliphatic carbocycles. The van der Waals surface area contributed by atoms with Gasteiger partial charge in [-0.3, -0.25) is 9.69 Å². The Bertz CT molecular complexity index is 821. The Morgan fingerprint density at radius 1 is 1.09 bits per heavy atom. The number of carbonyl (C=O) groups excluding carboxylic acids is 1. The molecule has 23 heavy (non-hydrogen) atoms. The zero-order valence-corrected chi connectivity index (χ0v) is 12.4. The first kappa shape index (κ1) is 14.7. The van der Waals surface area contributed by atoms with Gasteiger partial charge in [-0.15, -0.1) is 0 Å². The summed E-state index contributed by atoms with van der Waals surface area (Å²) in [6, 6.07) is 15.6. The lowest BCUT2D eigenvalue weighted by Gasteiger charge is -2.16. The predicted octanol–water partition coefficient (Wildman–Crippen LogP) is 3.19. The van der Waals surface area contributed by atoms with Crippen LogP contribution in [0.3, 0.4) is 0 Å². The first-order valence-corrected chi connectivity index (χ1v) is 7.06. The normalized spacial score (nSPS) is 15.9. The topological polar surface area (TPSA) is 70.0 Å². The number of rotatable bonds is 3. The number of nitrogens with zero attached hydrogens (tertiary/aromatic N) is 2. The molecule has 1 aliphatic rings. The van der Waals surface area contributed by atoms with Crippen molar-refractivity contribution < 1.29 is 14.7 Å². The van der Waals surface area contributed by atoms with Gasteiger partial charge in [-0.2, -0.15) is 0 Å². The SMILES string of the molecule is CC1=N/C(=C\c2ccccc2)C(=O)N1c1ccc(C(=O)O)cc1. The van der Waals surface area contributed by atoms with Crippen molar-refractivity contribution >= 4 is 29.5 Å². The van der Waals surface area contributed by atoms with Crippen LogP contribution < -0.4 is 4.90 Å². The molecule has 2 aromatic rings. The third-order valence-electron chi connectivity index (χ3n) is 3.50. The quantitative estimate of drug-likeness (QED) is 0.885. The van der Waals surface area contributed by atoms with E-state index in [0.717, 1.165) is 5.56 Å². The third-order valence-corrected chi connectivity index (χ3v) is 3.50. The Morgan fingerprint density at radius 3 is 2.35 bits per heavy atom. The van der Waals surface area contributed by atoms with Crippen LogP contribution in [-0.2, 0) is 4.79 Å². The summed E-state index contributed by atoms with van der Waals surface area (Å²) in [5.41, 5.74) is 2.03. The average Bonchev–Trinajstić information content (AvgIpc) is 2.82. The fourth-order valence-corrected chi connectivity index (χ4v) is 2.39. The van der Waals surface area contributed by atoms with Gasteiger partial charge in [0.25, 0.3) is 5.91 Å². The van der Waals surface area contributed by atoms with Crippen LogP contribution in [0.4, 0.5) is 5.69 Å². The maximum absolute atomic E-state index is 12.6. The summed E-state index contributed by atoms with van der Waals surface area (Å²) in [5, 5.41) is 8.94. The van der Waals surface area contributed by atoms with E-state index in [1.807, 2.05) is 30.3 Å². The van der Waals surface area contributed by atoms with Crippen molar-refractivity contribution in [1.29, 1.82) is 0 Å². The van der Waals surface area contributed by atoms with Crippen molar-refractivity contribution in [3.63, 3.8) is 0 Å². The standard InChI is InChI=1S/C18H14N2O3/c1-12-19-16(11-13-5-3-2-4-6-13)17(21)20(12)15-9-7-14(8-10-15)18(22)23/h2-11H,1H3,(H,22,23)/b16-11-. The highest BCUT2D eigenvalue weighted by atomic mass is 16.4. The van der Waals surface area contributed by atoms with E-state index in [4.69, 9.17) is 5.11 Å². The minimum absolute atomic E-state index is 0.176. The van der Waals surface area contributed by atoms with Crippen LogP contribution in [0.1, 0.15) is 22.8 Å². The van der Waals surface area contributed by atoms with E-state index < -0.39 is 5.97 Å². The molecule has 0 unspecified atom stereocenters. The zero-order valence-electron chi connectivity index (χ0n) is 12.4. The smallest absolute Gasteiger partial charge is 0.335 e. The molecular formula is C18H14N2O3. The lowest BCUT2D eigenvalue weighted by molar-refractivity contribution is -0.113. The minimum atomic E-state index is -1.00. The van der Waals surface area contributed by atoms with Crippen molar-refractivity contribution in [1.82, 2.24) is 0 Å². The van der Waals surface area contributed by atoms with Gasteiger partial charge < -0.3 is 5.11 Å². The van der Waals surface area contributed by atoms with Crippen LogP contribution in [0.15, 0.2) is 65.3 Å². The van der Waals surface area contributed by atoms with Gasteiger partial charge in [-0.1, -0.05) is 30.3 Å². The molecule has 0 fully saturated rings. The summed E-state index contributed by atoms with van der Waals surface area (Å²) in [4.78, 5) is 29.3. The summed E-state index contributed by atoms with van der Waals surface area (Å²) in [6.07, 6.45) is 1.73. The number of amides is 1. The van der Waals surface area contributed by atoms with Gasteiger partial charge in [0.15, 0.2) is 0 Å². The van der Waals surface area contributed by atoms with Gasteiger partial charge in [0.2, 0.25) is 0 Å². The van der Waals surface area contributed by atoms with Crippen LogP contribution in [0, 0.1) is 0 Å². The number of benzene rings is 2. The summed E-state index contributed by atoms with van der Waals surface area (Å²) in [6.45, 7) is 1.74. The lowest BCUT2D eigenvalue weighted by Crippen LogP contribution is -2.30. The van der Waals surface area contributed by atoms with E-state index in [1.54, 1.807) is 25.1 Å². The van der Waals surface area contributed by atoms with Crippen LogP contribution in [-0.4, -0.2) is 22.8 Å². The average molecular weight is 306 g/mol. The molecule has 0 saturated heterocycles. The molecule has 0 aromatic heterocycles. The molecule has 0 atom stereocenters. The van der Waals surface area contributed by atoms with E-state index >= 15 is 0 Å². The Balaban J connectivity index is 1.91. The Morgan fingerprint density at radius 2 is 1.74 bits per heavy atom. The van der Waals surface area contributed by atoms with Gasteiger partial charge in [0.05, 0.1) is 11.3 Å². The summed E-state index contributed by atoms with van der Waals surface area (Å²) >= 11 is 0. The second-order valence-electron chi connectivity index (χ2n) is 5.09. The maximum Gasteiger partial charge on any atom is 0.335 e. The highest BCUT2D eigenvalue weighted by molar-refractivity contribution is 6.28. The van der Waals surface area contributed by atoms with Crippen LogP contribution in [0.25, 0.3) is 6.08 Å². The number of carbonyl (C=O) groups is 2. The largest absolute Gasteiger partial charge is 0.478 e. The van der Waals surface area contributed by atoms with Gasteiger partial charge in [0, 0.05) is 0 Å². The molecule has 1 amide bonds. The molecule has 114 valence electrons. The Hall–Kier alpha value is -3.21. The zero-order chi connectivity index (χ0) is 16.4. The molecule has 1 aliphatic heterocycles. The molecule has 3 rings (SSSR count). The number of amidine groups is 1. The van der Waals surface area contributed by atoms with Crippen LogP contribution >= 0.6 is 0 Å². The molecule has 0 saturated carbocycles. The molecule has 0 spiro atoms. The van der Waals surface area contributed by atoms with E-state index in [-0.39, 0.29) is 11.5 Å². The first-order valence-electron chi connectivity index (χ1n) is 7.06. The molecule has 0 radical (unpaired) electrons. The van der Waals surface area contributed by atoms with Crippen LogP contribution in [0.2, 0.25) is 0 Å². The fraction of sp³-hybridized carbons (Fsp3) is 0.0556. The third kappa shape index (κ3) is 2.89. The number of hydrogen-bond acceptors (Lipinski definition) is 3. The van der Waals surface area contributed by atoms with Gasteiger partial charge in [0.1, 0.15) is 11.5 Å². The van der Waals surface area contributed by atoms with E-state index in [2.05, 4.69) is 4.99 Å². The minimum Gasteiger partial charge on any atom is -0.478 e. The second-order valence-corrected chi connectivity index (χ2v) is 5.09. The van der Waals surface area contributed by atoms with E-state index in [0.29, 0.717) is 17.2 Å². The highest BCUT2D eigenvalue weighted by Crippen LogP contribution is 2.25. The number of aliphatic imine (C=N–C) groups is 1. The predicted molar refractivity (Wildman–Crippen MR) is 88.4 cm³/mol. The monoisotopic (exact) mass is 306 g/mol. The Kier molecular flexibility index (Phi) is 3.76. The van der Waals surface area contributed by atoms with Crippen LogP contribution in [0.5, 0.6) is 0 Å². The number of aromatic carboxylic acids is 1. The summed E-state index contributed by atoms with van der Waals surface area (Å²) < 4.78 is 0. The number of hydrogen-bond donors (Lipinski definition) is 1. The van der Waals surface area contributed by atoms with Crippen molar-refractivity contribution in [3.8, 4) is 0 Å². The highest BCUT2D eigenvalue weighted by Gasteiger charge is 2.28. The number of anilines is 1. The van der Waals surface area contributed by atoms with Crippen molar-refractivity contribution in [2.24, 2.45) is 4.99 Å². The molecule has 0 bridgehead atoms. The number of carboxylic acid groups (broad SMARTS) is 1. The van der Waals surface area contributed by atoms with Crippen molar-refractivity contribution in [3.05, 3.63) is 71.4 Å². The molecule has 5 heteroatoms. The molecule has 5 nitrogen and oxygen atoms in total. The summed E-state index contributed by atoms with van der Waals surface area (Å²) in [7, 11) is 0. The summed E-state index contributed by atoms with van der Waals surface area (Å²) in [5.74, 6) is -0.672. The fourth-order valence-electron chi connectivity index (χ4n) is 2.39. The molecule has 1 N–H and O–H groups in total. The van der Waals surface area contributed by atoms with Gasteiger partial charge in [-0.05, 0) is 42.8 Å². The molecular weight excluding hydrogens is 292 g/mol. The first-order chi connectivity index (χ1) is 11.1. The second kappa shape index (κ2) is 5.88. The van der Waals surface area contributed by atoms with Crippen molar-refractivity contribution in [2.75, 3.05) is 4.90 Å². The Labute approximate surface area is 133 Å². The lowest BCUT2D eigenvalue weighted by atomic mass is 10.1. The van der Waals surface area contributed by atoms with E-state index in [1.165, 1.54) is 17.0 Å². The van der Waals surface area contributed by atoms with Gasteiger partial charge >= 0.3 is 5.97 Å².